The molecule has 1 heterocycles. The average Bonchev–Trinajstić information content (AvgIpc) is 3.28. The van der Waals surface area contributed by atoms with E-state index in [9.17, 15) is 20.1 Å². The third-order valence-electron chi connectivity index (χ3n) is 6.10. The highest BCUT2D eigenvalue weighted by Gasteiger charge is 2.23. The van der Waals surface area contributed by atoms with Crippen LogP contribution < -0.4 is 14.8 Å². The molecule has 4 rings (SSSR count). The van der Waals surface area contributed by atoms with Crippen LogP contribution in [0.1, 0.15) is 57.3 Å². The Morgan fingerprint density at radius 2 is 1.90 bits per heavy atom. The molecule has 2 N–H and O–H groups in total. The number of fused-ring (bicyclic) bond motifs is 1. The molecule has 0 unspecified atom stereocenters. The van der Waals surface area contributed by atoms with Crippen molar-refractivity contribution < 1.29 is 24.2 Å². The van der Waals surface area contributed by atoms with E-state index in [1.54, 1.807) is 24.3 Å². The van der Waals surface area contributed by atoms with Crippen molar-refractivity contribution in [3.8, 4) is 23.6 Å². The topological polar surface area (TPSA) is 132 Å². The fourth-order valence-corrected chi connectivity index (χ4v) is 6.25. The van der Waals surface area contributed by atoms with Gasteiger partial charge in [0.25, 0.3) is 5.91 Å². The zero-order valence-electron chi connectivity index (χ0n) is 21.0. The van der Waals surface area contributed by atoms with Gasteiger partial charge in [0, 0.05) is 4.88 Å². The van der Waals surface area contributed by atoms with Crippen molar-refractivity contribution in [3.63, 3.8) is 0 Å². The van der Waals surface area contributed by atoms with Crippen molar-refractivity contribution in [2.45, 2.75) is 39.2 Å². The van der Waals surface area contributed by atoms with E-state index < -0.39 is 11.9 Å². The van der Waals surface area contributed by atoms with Gasteiger partial charge in [-0.3, -0.25) is 4.79 Å². The second-order valence-electron chi connectivity index (χ2n) is 8.70. The normalized spacial score (nSPS) is 12.6. The first-order chi connectivity index (χ1) is 18.8. The quantitative estimate of drug-likeness (QED) is 0.157. The van der Waals surface area contributed by atoms with Crippen LogP contribution in [0.2, 0.25) is 0 Å². The lowest BCUT2D eigenvalue weighted by atomic mass is 9.96. The summed E-state index contributed by atoms with van der Waals surface area (Å²) in [6.45, 7) is 2.41. The Labute approximate surface area is 243 Å². The molecule has 2 aromatic carbocycles. The van der Waals surface area contributed by atoms with Gasteiger partial charge in [-0.1, -0.05) is 12.1 Å². The smallest absolute Gasteiger partial charge is 0.335 e. The highest BCUT2D eigenvalue weighted by Crippen LogP contribution is 2.38. The number of halogens is 1. The molecule has 0 fully saturated rings. The Morgan fingerprint density at radius 1 is 1.15 bits per heavy atom. The Balaban J connectivity index is 1.55. The van der Waals surface area contributed by atoms with E-state index in [2.05, 4.69) is 34.0 Å². The zero-order valence-corrected chi connectivity index (χ0v) is 24.0. The summed E-state index contributed by atoms with van der Waals surface area (Å²) in [6.07, 6.45) is 5.28. The van der Waals surface area contributed by atoms with Crippen LogP contribution in [0.4, 0.5) is 5.00 Å². The summed E-state index contributed by atoms with van der Waals surface area (Å²) in [6, 6.07) is 14.1. The van der Waals surface area contributed by atoms with Crippen molar-refractivity contribution in [1.29, 1.82) is 10.5 Å². The van der Waals surface area contributed by atoms with E-state index in [1.807, 2.05) is 13.0 Å². The number of nitriles is 2. The van der Waals surface area contributed by atoms with E-state index in [0.29, 0.717) is 37.8 Å². The fraction of sp³-hybridized carbons (Fsp3) is 0.241. The molecule has 0 radical (unpaired) electrons. The number of anilines is 1. The SMILES string of the molecule is CCOc1cc(/C=C(\C#N)C(=O)Nc2sc3c(c2C#N)CCCC3)cc(I)c1OCc1ccc(C(=O)O)cc1. The summed E-state index contributed by atoms with van der Waals surface area (Å²) < 4.78 is 12.5. The van der Waals surface area contributed by atoms with Gasteiger partial charge in [0.1, 0.15) is 29.3 Å². The Morgan fingerprint density at radius 3 is 2.56 bits per heavy atom. The Hall–Kier alpha value is -3.87. The fourth-order valence-electron chi connectivity index (χ4n) is 4.23. The van der Waals surface area contributed by atoms with Crippen LogP contribution in [-0.2, 0) is 24.2 Å². The number of nitrogens with zero attached hydrogens (tertiary/aromatic N) is 2. The lowest BCUT2D eigenvalue weighted by molar-refractivity contribution is -0.112. The van der Waals surface area contributed by atoms with Crippen molar-refractivity contribution in [1.82, 2.24) is 0 Å². The monoisotopic (exact) mass is 653 g/mol. The molecule has 1 aliphatic rings. The average molecular weight is 653 g/mol. The number of carbonyl (C=O) groups excluding carboxylic acids is 1. The maximum Gasteiger partial charge on any atom is 0.335 e. The van der Waals surface area contributed by atoms with E-state index in [1.165, 1.54) is 29.5 Å². The minimum Gasteiger partial charge on any atom is -0.490 e. The Kier molecular flexibility index (Phi) is 9.23. The molecular formula is C29H24IN3O5S. The molecular weight excluding hydrogens is 629 g/mol. The van der Waals surface area contributed by atoms with Crippen LogP contribution in [-0.4, -0.2) is 23.6 Å². The molecule has 1 aliphatic carbocycles. The van der Waals surface area contributed by atoms with E-state index in [0.717, 1.165) is 41.7 Å². The summed E-state index contributed by atoms with van der Waals surface area (Å²) in [5, 5.41) is 31.8. The predicted octanol–water partition coefficient (Wildman–Crippen LogP) is 6.32. The maximum absolute atomic E-state index is 13.0. The van der Waals surface area contributed by atoms with Crippen molar-refractivity contribution >= 4 is 56.9 Å². The number of nitrogens with one attached hydrogen (secondary N) is 1. The summed E-state index contributed by atoms with van der Waals surface area (Å²) >= 11 is 3.51. The molecule has 198 valence electrons. The first kappa shape index (κ1) is 28.1. The van der Waals surface area contributed by atoms with Crippen molar-refractivity contribution in [3.05, 3.63) is 78.2 Å². The number of carbonyl (C=O) groups is 2. The third kappa shape index (κ3) is 6.59. The number of hydrogen-bond acceptors (Lipinski definition) is 7. The standard InChI is InChI=1S/C29H24IN3O5S/c1-2-37-24-13-18(12-23(30)26(24)38-16-17-7-9-19(10-8-17)29(35)36)11-20(14-31)27(34)33-28-22(15-32)21-5-3-4-6-25(21)39-28/h7-13H,2-6,16H2,1H3,(H,33,34)(H,35,36)/b20-11+. The number of thiophene rings is 1. The van der Waals surface area contributed by atoms with Crippen molar-refractivity contribution in [2.24, 2.45) is 0 Å². The van der Waals surface area contributed by atoms with Gasteiger partial charge in [0.2, 0.25) is 0 Å². The second kappa shape index (κ2) is 12.8. The van der Waals surface area contributed by atoms with Gasteiger partial charge in [-0.05, 0) is 102 Å². The van der Waals surface area contributed by atoms with Gasteiger partial charge in [0.05, 0.1) is 21.3 Å². The molecule has 1 amide bonds. The number of carboxylic acids is 1. The molecule has 0 aliphatic heterocycles. The van der Waals surface area contributed by atoms with Gasteiger partial charge < -0.3 is 19.9 Å². The minimum absolute atomic E-state index is 0.101. The van der Waals surface area contributed by atoms with Crippen LogP contribution in [0.15, 0.2) is 42.0 Å². The number of carboxylic acid groups (broad SMARTS) is 1. The summed E-state index contributed by atoms with van der Waals surface area (Å²) in [5.41, 5.74) is 2.97. The predicted molar refractivity (Wildman–Crippen MR) is 156 cm³/mol. The Bertz CT molecular complexity index is 1530. The van der Waals surface area contributed by atoms with E-state index in [4.69, 9.17) is 14.6 Å². The first-order valence-electron chi connectivity index (χ1n) is 12.2. The van der Waals surface area contributed by atoms with Crippen LogP contribution in [0.3, 0.4) is 0 Å². The van der Waals surface area contributed by atoms with Gasteiger partial charge >= 0.3 is 5.97 Å². The molecule has 0 spiro atoms. The lowest BCUT2D eigenvalue weighted by Crippen LogP contribution is -2.13. The minimum atomic E-state index is -0.996. The highest BCUT2D eigenvalue weighted by molar-refractivity contribution is 14.1. The first-order valence-corrected chi connectivity index (χ1v) is 14.1. The lowest BCUT2D eigenvalue weighted by Gasteiger charge is -2.15. The summed E-state index contributed by atoms with van der Waals surface area (Å²) in [7, 11) is 0. The van der Waals surface area contributed by atoms with E-state index >= 15 is 0 Å². The summed E-state index contributed by atoms with van der Waals surface area (Å²) in [5.74, 6) is -0.619. The molecule has 0 atom stereocenters. The molecule has 0 bridgehead atoms. The number of aryl methyl sites for hydroxylation is 1. The van der Waals surface area contributed by atoms with Crippen LogP contribution >= 0.6 is 33.9 Å². The zero-order chi connectivity index (χ0) is 27.9. The number of hydrogen-bond donors (Lipinski definition) is 2. The second-order valence-corrected chi connectivity index (χ2v) is 11.0. The van der Waals surface area contributed by atoms with Crippen LogP contribution in [0, 0.1) is 26.2 Å². The van der Waals surface area contributed by atoms with Crippen LogP contribution in [0.25, 0.3) is 6.08 Å². The largest absolute Gasteiger partial charge is 0.490 e. The summed E-state index contributed by atoms with van der Waals surface area (Å²) in [4.78, 5) is 25.2. The van der Waals surface area contributed by atoms with Crippen molar-refractivity contribution in [2.75, 3.05) is 11.9 Å². The number of aromatic carboxylic acids is 1. The number of rotatable bonds is 9. The van der Waals surface area contributed by atoms with Gasteiger partial charge in [0.15, 0.2) is 11.5 Å². The number of ether oxygens (including phenoxy) is 2. The van der Waals surface area contributed by atoms with Gasteiger partial charge in [-0.15, -0.1) is 11.3 Å². The van der Waals surface area contributed by atoms with E-state index in [-0.39, 0.29) is 17.7 Å². The van der Waals surface area contributed by atoms with Gasteiger partial charge in [-0.2, -0.15) is 10.5 Å². The number of benzene rings is 2. The molecule has 3 aromatic rings. The molecule has 39 heavy (non-hydrogen) atoms. The molecule has 10 heteroatoms. The highest BCUT2D eigenvalue weighted by atomic mass is 127. The third-order valence-corrected chi connectivity index (χ3v) is 8.11. The molecule has 0 saturated carbocycles. The van der Waals surface area contributed by atoms with Crippen LogP contribution in [0.5, 0.6) is 11.5 Å². The molecule has 1 aromatic heterocycles. The van der Waals surface area contributed by atoms with Gasteiger partial charge in [-0.25, -0.2) is 4.79 Å². The molecule has 0 saturated heterocycles. The maximum atomic E-state index is 13.0. The molecule has 8 nitrogen and oxygen atoms in total. The number of amides is 1.